The van der Waals surface area contributed by atoms with Crippen molar-refractivity contribution < 1.29 is 20.1 Å². The molecule has 1 nitrogen and oxygen atoms in total. The maximum atomic E-state index is 4.84. The Morgan fingerprint density at radius 3 is 2.03 bits per heavy atom. The average Bonchev–Trinajstić information content (AvgIpc) is 2.78. The van der Waals surface area contributed by atoms with Crippen LogP contribution in [-0.2, 0) is 30.9 Å². The van der Waals surface area contributed by atoms with Gasteiger partial charge in [-0.25, -0.2) is 0 Å². The van der Waals surface area contributed by atoms with E-state index in [-0.39, 0.29) is 30.9 Å². The maximum Gasteiger partial charge on any atom is 0.0166 e. The fourth-order valence-electron chi connectivity index (χ4n) is 5.72. The Balaban J connectivity index is 0.00000259. The molecule has 33 heavy (non-hydrogen) atoms. The molecule has 2 heteroatoms. The zero-order valence-electron chi connectivity index (χ0n) is 20.2. The summed E-state index contributed by atoms with van der Waals surface area (Å²) in [6.07, 6.45) is 1.94. The van der Waals surface area contributed by atoms with Crippen LogP contribution in [0.5, 0.6) is 0 Å². The SMILES string of the molecule is Cc1cccc(C)c1-c1ccnc(-c2[c-]ccc3c2C(C)(C)c2ccccc2C3(C)C)c1.[Ir]. The van der Waals surface area contributed by atoms with Gasteiger partial charge >= 0.3 is 0 Å². The van der Waals surface area contributed by atoms with Gasteiger partial charge < -0.3 is 4.98 Å². The van der Waals surface area contributed by atoms with Crippen LogP contribution in [0.15, 0.2) is 72.9 Å². The number of aryl methyl sites for hydroxylation is 2. The van der Waals surface area contributed by atoms with Crippen LogP contribution in [0.3, 0.4) is 0 Å². The van der Waals surface area contributed by atoms with Crippen LogP contribution in [0.25, 0.3) is 22.4 Å². The van der Waals surface area contributed by atoms with Crippen molar-refractivity contribution >= 4 is 0 Å². The van der Waals surface area contributed by atoms with Gasteiger partial charge in [0.25, 0.3) is 0 Å². The number of rotatable bonds is 2. The molecule has 1 aliphatic rings. The zero-order chi connectivity index (χ0) is 22.7. The molecular formula is C31H30IrN-. The molecule has 1 radical (unpaired) electrons. The van der Waals surface area contributed by atoms with Crippen molar-refractivity contribution in [1.82, 2.24) is 4.98 Å². The summed E-state index contributed by atoms with van der Waals surface area (Å²) in [6.45, 7) is 13.7. The summed E-state index contributed by atoms with van der Waals surface area (Å²) in [6, 6.07) is 27.7. The Morgan fingerprint density at radius 2 is 1.36 bits per heavy atom. The number of hydrogen-bond donors (Lipinski definition) is 0. The second-order valence-electron chi connectivity index (χ2n) is 10.1. The van der Waals surface area contributed by atoms with Gasteiger partial charge in [-0.05, 0) is 69.8 Å². The first kappa shape index (κ1) is 23.6. The summed E-state index contributed by atoms with van der Waals surface area (Å²) in [4.78, 5) is 4.84. The number of hydrogen-bond acceptors (Lipinski definition) is 1. The number of aromatic nitrogens is 1. The summed E-state index contributed by atoms with van der Waals surface area (Å²) in [5.74, 6) is 0. The molecule has 1 heterocycles. The van der Waals surface area contributed by atoms with E-state index in [1.165, 1.54) is 44.5 Å². The van der Waals surface area contributed by atoms with Crippen molar-refractivity contribution in [2.24, 2.45) is 0 Å². The van der Waals surface area contributed by atoms with E-state index in [9.17, 15) is 0 Å². The van der Waals surface area contributed by atoms with Crippen molar-refractivity contribution in [3.05, 3.63) is 112 Å². The quantitative estimate of drug-likeness (QED) is 0.212. The van der Waals surface area contributed by atoms with Gasteiger partial charge in [0.05, 0.1) is 0 Å². The third kappa shape index (κ3) is 3.61. The predicted octanol–water partition coefficient (Wildman–Crippen LogP) is 7.80. The van der Waals surface area contributed by atoms with E-state index in [1.807, 2.05) is 6.20 Å². The molecule has 5 rings (SSSR count). The molecule has 0 saturated carbocycles. The van der Waals surface area contributed by atoms with Gasteiger partial charge in [0.1, 0.15) is 0 Å². The molecule has 0 aliphatic heterocycles. The molecule has 0 N–H and O–H groups in total. The molecule has 0 amide bonds. The second-order valence-corrected chi connectivity index (χ2v) is 10.1. The molecule has 3 aromatic carbocycles. The van der Waals surface area contributed by atoms with Gasteiger partial charge in [-0.3, -0.25) is 0 Å². The topological polar surface area (TPSA) is 12.9 Å². The van der Waals surface area contributed by atoms with Gasteiger partial charge in [0, 0.05) is 26.3 Å². The fourth-order valence-corrected chi connectivity index (χ4v) is 5.72. The second kappa shape index (κ2) is 8.35. The van der Waals surface area contributed by atoms with Crippen LogP contribution in [0.1, 0.15) is 61.1 Å². The largest absolute Gasteiger partial charge is 0.305 e. The van der Waals surface area contributed by atoms with Crippen molar-refractivity contribution in [2.45, 2.75) is 52.4 Å². The average molecular weight is 609 g/mol. The zero-order valence-corrected chi connectivity index (χ0v) is 22.6. The molecule has 0 atom stereocenters. The van der Waals surface area contributed by atoms with Gasteiger partial charge in [0.2, 0.25) is 0 Å². The summed E-state index contributed by atoms with van der Waals surface area (Å²) in [5.41, 5.74) is 12.5. The van der Waals surface area contributed by atoms with E-state index in [0.717, 1.165) is 11.3 Å². The summed E-state index contributed by atoms with van der Waals surface area (Å²) < 4.78 is 0. The summed E-state index contributed by atoms with van der Waals surface area (Å²) >= 11 is 0. The Morgan fingerprint density at radius 1 is 0.727 bits per heavy atom. The van der Waals surface area contributed by atoms with E-state index in [1.54, 1.807) is 0 Å². The molecule has 0 bridgehead atoms. The van der Waals surface area contributed by atoms with Crippen LogP contribution < -0.4 is 0 Å². The van der Waals surface area contributed by atoms with E-state index < -0.39 is 0 Å². The minimum Gasteiger partial charge on any atom is -0.305 e. The van der Waals surface area contributed by atoms with Crippen LogP contribution in [0.2, 0.25) is 0 Å². The first-order valence-corrected chi connectivity index (χ1v) is 11.4. The number of benzene rings is 3. The minimum absolute atomic E-state index is 0. The standard InChI is InChI=1S/C31H30N.Ir/c1-20-11-9-12-21(2)28(20)22-17-18-32-27(19-22)23-13-10-16-26-29(23)31(5,6)25-15-8-7-14-24(25)30(26,3)4;/h7-12,14-19H,1-6H3;/q-1;. The monoisotopic (exact) mass is 609 g/mol. The molecule has 1 aromatic heterocycles. The van der Waals surface area contributed by atoms with Crippen LogP contribution in [0, 0.1) is 19.9 Å². The summed E-state index contributed by atoms with van der Waals surface area (Å²) in [7, 11) is 0. The Bertz CT molecular complexity index is 1330. The van der Waals surface area contributed by atoms with Gasteiger partial charge in [0.15, 0.2) is 0 Å². The Labute approximate surface area is 211 Å². The van der Waals surface area contributed by atoms with Gasteiger partial charge in [-0.1, -0.05) is 76.2 Å². The minimum atomic E-state index is -0.134. The first-order valence-electron chi connectivity index (χ1n) is 11.4. The normalized spacial score (nSPS) is 15.2. The van der Waals surface area contributed by atoms with Crippen molar-refractivity contribution in [1.29, 1.82) is 0 Å². The molecule has 0 saturated heterocycles. The van der Waals surface area contributed by atoms with E-state index in [0.29, 0.717) is 0 Å². The first-order chi connectivity index (χ1) is 15.2. The van der Waals surface area contributed by atoms with Gasteiger partial charge in [-0.15, -0.1) is 34.9 Å². The van der Waals surface area contributed by atoms with Crippen LogP contribution in [-0.4, -0.2) is 4.98 Å². The smallest absolute Gasteiger partial charge is 0.0166 e. The molecule has 0 spiro atoms. The van der Waals surface area contributed by atoms with Crippen LogP contribution in [0.4, 0.5) is 0 Å². The number of fused-ring (bicyclic) bond motifs is 2. The molecule has 0 fully saturated rings. The Hall–Kier alpha value is -2.54. The van der Waals surface area contributed by atoms with E-state index >= 15 is 0 Å². The molecule has 1 aliphatic carbocycles. The van der Waals surface area contributed by atoms with Gasteiger partial charge in [-0.2, -0.15) is 0 Å². The molecule has 0 unspecified atom stereocenters. The van der Waals surface area contributed by atoms with Crippen LogP contribution >= 0.6 is 0 Å². The third-order valence-corrected chi connectivity index (χ3v) is 7.35. The summed E-state index contributed by atoms with van der Waals surface area (Å²) in [5, 5.41) is 0. The molecule has 4 aromatic rings. The van der Waals surface area contributed by atoms with E-state index in [4.69, 9.17) is 4.98 Å². The number of pyridine rings is 1. The third-order valence-electron chi connectivity index (χ3n) is 7.35. The van der Waals surface area contributed by atoms with Crippen molar-refractivity contribution in [2.75, 3.05) is 0 Å². The van der Waals surface area contributed by atoms with E-state index in [2.05, 4.69) is 114 Å². The number of nitrogens with zero attached hydrogens (tertiary/aromatic N) is 1. The van der Waals surface area contributed by atoms with Crippen molar-refractivity contribution in [3.8, 4) is 22.4 Å². The molecule has 169 valence electrons. The molecular weight excluding hydrogens is 579 g/mol. The predicted molar refractivity (Wildman–Crippen MR) is 134 cm³/mol. The van der Waals surface area contributed by atoms with Crippen molar-refractivity contribution in [3.63, 3.8) is 0 Å². The Kier molecular flexibility index (Phi) is 5.97. The fraction of sp³-hybridized carbons (Fsp3) is 0.258. The maximum absolute atomic E-state index is 4.84.